The van der Waals surface area contributed by atoms with Crippen molar-refractivity contribution in [2.75, 3.05) is 0 Å². The number of hydrazine groups is 1. The Morgan fingerprint density at radius 1 is 1.14 bits per heavy atom. The molecule has 0 saturated heterocycles. The van der Waals surface area contributed by atoms with Gasteiger partial charge in [0, 0.05) is 0 Å². The fourth-order valence-corrected chi connectivity index (χ4v) is 3.10. The monoisotopic (exact) mass is 312 g/mol. The van der Waals surface area contributed by atoms with Gasteiger partial charge >= 0.3 is 5.91 Å². The average molecular weight is 312 g/mol. The molecule has 4 heterocycles. The van der Waals surface area contributed by atoms with E-state index in [1.807, 2.05) is 35.7 Å². The second-order valence-electron chi connectivity index (χ2n) is 4.78. The summed E-state index contributed by atoms with van der Waals surface area (Å²) in [6, 6.07) is 10.7. The lowest BCUT2D eigenvalue weighted by molar-refractivity contribution is 0.0622. The molecule has 3 aromatic heterocycles. The summed E-state index contributed by atoms with van der Waals surface area (Å²) in [4.78, 5) is 13.7. The van der Waals surface area contributed by atoms with E-state index in [-0.39, 0.29) is 17.7 Å². The van der Waals surface area contributed by atoms with Crippen molar-refractivity contribution in [2.45, 2.75) is 6.04 Å². The molecule has 0 unspecified atom stereocenters. The Morgan fingerprint density at radius 3 is 2.68 bits per heavy atom. The molecule has 0 fully saturated rings. The molecule has 3 aromatic rings. The summed E-state index contributed by atoms with van der Waals surface area (Å²) in [5.74, 6) is 0.734. The molecule has 0 saturated carbocycles. The van der Waals surface area contributed by atoms with Gasteiger partial charge < -0.3 is 8.83 Å². The van der Waals surface area contributed by atoms with Gasteiger partial charge in [0.05, 0.1) is 23.1 Å². The first-order chi connectivity index (χ1) is 10.8. The number of rotatable bonds is 3. The standard InChI is InChI=1S/C16H12N2O3S/c19-16(14-5-2-8-21-14)18-12(13-4-1-7-20-13)10-11(17-18)15-6-3-9-22-15/h1-10,12,17H/t12-/m1/s1. The number of thiophene rings is 1. The third kappa shape index (κ3) is 2.14. The molecule has 4 rings (SSSR count). The summed E-state index contributed by atoms with van der Waals surface area (Å²) in [7, 11) is 0. The third-order valence-electron chi connectivity index (χ3n) is 3.42. The summed E-state index contributed by atoms with van der Waals surface area (Å²) in [5.41, 5.74) is 4.04. The van der Waals surface area contributed by atoms with Crippen LogP contribution in [0.3, 0.4) is 0 Å². The van der Waals surface area contributed by atoms with Gasteiger partial charge in [-0.2, -0.15) is 0 Å². The van der Waals surface area contributed by atoms with Crippen LogP contribution in [-0.2, 0) is 0 Å². The van der Waals surface area contributed by atoms with Crippen LogP contribution in [0.25, 0.3) is 5.70 Å². The van der Waals surface area contributed by atoms with Gasteiger partial charge in [0.1, 0.15) is 11.8 Å². The van der Waals surface area contributed by atoms with Gasteiger partial charge in [-0.05, 0) is 41.8 Å². The largest absolute Gasteiger partial charge is 0.467 e. The van der Waals surface area contributed by atoms with Crippen LogP contribution >= 0.6 is 11.3 Å². The predicted molar refractivity (Wildman–Crippen MR) is 81.8 cm³/mol. The molecular formula is C16H12N2O3S. The zero-order valence-corrected chi connectivity index (χ0v) is 12.2. The fourth-order valence-electron chi connectivity index (χ4n) is 2.40. The molecule has 1 aliphatic rings. The topological polar surface area (TPSA) is 58.6 Å². The minimum Gasteiger partial charge on any atom is -0.467 e. The normalized spacial score (nSPS) is 17.4. The van der Waals surface area contributed by atoms with Crippen LogP contribution in [0.2, 0.25) is 0 Å². The van der Waals surface area contributed by atoms with E-state index in [1.54, 1.807) is 29.7 Å². The van der Waals surface area contributed by atoms with E-state index in [4.69, 9.17) is 8.83 Å². The highest BCUT2D eigenvalue weighted by molar-refractivity contribution is 7.11. The Morgan fingerprint density at radius 2 is 2.00 bits per heavy atom. The molecular weight excluding hydrogens is 300 g/mol. The number of nitrogens with zero attached hydrogens (tertiary/aromatic N) is 1. The van der Waals surface area contributed by atoms with Crippen molar-refractivity contribution >= 4 is 22.9 Å². The van der Waals surface area contributed by atoms with Crippen molar-refractivity contribution in [3.63, 3.8) is 0 Å². The number of nitrogens with one attached hydrogen (secondary N) is 1. The Labute approximate surface area is 130 Å². The quantitative estimate of drug-likeness (QED) is 0.801. The lowest BCUT2D eigenvalue weighted by atomic mass is 10.2. The second kappa shape index (κ2) is 5.23. The zero-order chi connectivity index (χ0) is 14.9. The molecule has 1 atom stereocenters. The molecule has 22 heavy (non-hydrogen) atoms. The van der Waals surface area contributed by atoms with Crippen LogP contribution in [-0.4, -0.2) is 10.9 Å². The van der Waals surface area contributed by atoms with Gasteiger partial charge in [-0.3, -0.25) is 10.2 Å². The van der Waals surface area contributed by atoms with Crippen molar-refractivity contribution in [2.24, 2.45) is 0 Å². The third-order valence-corrected chi connectivity index (χ3v) is 4.32. The first-order valence-corrected chi connectivity index (χ1v) is 7.64. The highest BCUT2D eigenvalue weighted by Crippen LogP contribution is 2.33. The summed E-state index contributed by atoms with van der Waals surface area (Å²) >= 11 is 1.61. The number of furan rings is 2. The molecule has 0 aliphatic carbocycles. The van der Waals surface area contributed by atoms with E-state index < -0.39 is 0 Å². The number of amides is 1. The lowest BCUT2D eigenvalue weighted by Crippen LogP contribution is -2.39. The molecule has 0 radical (unpaired) electrons. The predicted octanol–water partition coefficient (Wildman–Crippen LogP) is 3.68. The molecule has 0 aromatic carbocycles. The van der Waals surface area contributed by atoms with Crippen molar-refractivity contribution in [3.8, 4) is 0 Å². The minimum absolute atomic E-state index is 0.241. The van der Waals surface area contributed by atoms with Crippen LogP contribution in [0.4, 0.5) is 0 Å². The van der Waals surface area contributed by atoms with E-state index in [0.717, 1.165) is 10.6 Å². The van der Waals surface area contributed by atoms with Crippen LogP contribution in [0, 0.1) is 0 Å². The van der Waals surface area contributed by atoms with E-state index >= 15 is 0 Å². The van der Waals surface area contributed by atoms with Gasteiger partial charge in [-0.15, -0.1) is 11.3 Å². The summed E-state index contributed by atoms with van der Waals surface area (Å²) in [6.45, 7) is 0. The summed E-state index contributed by atoms with van der Waals surface area (Å²) in [6.07, 6.45) is 5.06. The second-order valence-corrected chi connectivity index (χ2v) is 5.73. The maximum Gasteiger partial charge on any atom is 0.308 e. The Kier molecular flexibility index (Phi) is 3.08. The molecule has 5 nitrogen and oxygen atoms in total. The number of carbonyl (C=O) groups excluding carboxylic acids is 1. The van der Waals surface area contributed by atoms with Crippen molar-refractivity contribution < 1.29 is 13.6 Å². The molecule has 1 N–H and O–H groups in total. The SMILES string of the molecule is O=C(c1ccco1)N1NC(c2cccs2)=C[C@@H]1c1ccco1. The smallest absolute Gasteiger partial charge is 0.308 e. The van der Waals surface area contributed by atoms with Crippen molar-refractivity contribution in [3.05, 3.63) is 76.8 Å². The Bertz CT molecular complexity index is 789. The first kappa shape index (κ1) is 13.0. The fraction of sp³-hybridized carbons (Fsp3) is 0.0625. The molecule has 0 bridgehead atoms. The van der Waals surface area contributed by atoms with E-state index in [1.165, 1.54) is 11.3 Å². The molecule has 110 valence electrons. The van der Waals surface area contributed by atoms with Gasteiger partial charge in [-0.25, -0.2) is 5.01 Å². The highest BCUT2D eigenvalue weighted by Gasteiger charge is 2.34. The summed E-state index contributed by atoms with van der Waals surface area (Å²) in [5, 5.41) is 3.52. The zero-order valence-electron chi connectivity index (χ0n) is 11.4. The van der Waals surface area contributed by atoms with Gasteiger partial charge in [0.25, 0.3) is 0 Å². The first-order valence-electron chi connectivity index (χ1n) is 6.76. The Balaban J connectivity index is 1.70. The van der Waals surface area contributed by atoms with Gasteiger partial charge in [0.15, 0.2) is 5.76 Å². The minimum atomic E-state index is -0.315. The van der Waals surface area contributed by atoms with E-state index in [0.29, 0.717) is 5.76 Å². The molecule has 1 amide bonds. The number of carbonyl (C=O) groups is 1. The number of hydrogen-bond acceptors (Lipinski definition) is 5. The van der Waals surface area contributed by atoms with E-state index in [2.05, 4.69) is 5.43 Å². The van der Waals surface area contributed by atoms with Crippen LogP contribution in [0.5, 0.6) is 0 Å². The van der Waals surface area contributed by atoms with Crippen LogP contribution in [0.1, 0.15) is 27.2 Å². The van der Waals surface area contributed by atoms with E-state index in [9.17, 15) is 4.79 Å². The lowest BCUT2D eigenvalue weighted by Gasteiger charge is -2.22. The average Bonchev–Trinajstić information content (AvgIpc) is 3.35. The van der Waals surface area contributed by atoms with Gasteiger partial charge in [0.2, 0.25) is 0 Å². The van der Waals surface area contributed by atoms with Crippen LogP contribution in [0.15, 0.2) is 69.2 Å². The number of hydrogen-bond donors (Lipinski definition) is 1. The van der Waals surface area contributed by atoms with Crippen LogP contribution < -0.4 is 5.43 Å². The van der Waals surface area contributed by atoms with Crippen molar-refractivity contribution in [1.82, 2.24) is 10.4 Å². The highest BCUT2D eigenvalue weighted by atomic mass is 32.1. The summed E-state index contributed by atoms with van der Waals surface area (Å²) < 4.78 is 10.7. The molecule has 0 spiro atoms. The maximum absolute atomic E-state index is 12.6. The Hall–Kier alpha value is -2.73. The molecule has 1 aliphatic heterocycles. The maximum atomic E-state index is 12.6. The van der Waals surface area contributed by atoms with Gasteiger partial charge in [-0.1, -0.05) is 6.07 Å². The van der Waals surface area contributed by atoms with Crippen molar-refractivity contribution in [1.29, 1.82) is 0 Å². The molecule has 6 heteroatoms.